The van der Waals surface area contributed by atoms with Crippen LogP contribution in [-0.4, -0.2) is 17.9 Å². The van der Waals surface area contributed by atoms with Gasteiger partial charge in [0.05, 0.1) is 0 Å². The minimum atomic E-state index is -0.115. The minimum absolute atomic E-state index is 0.0743. The van der Waals surface area contributed by atoms with Crippen molar-refractivity contribution in [1.29, 1.82) is 0 Å². The Kier molecular flexibility index (Phi) is 10.7. The molecule has 1 aliphatic rings. The average Bonchev–Trinajstić information content (AvgIpc) is 2.95. The van der Waals surface area contributed by atoms with Gasteiger partial charge >= 0.3 is 5.97 Å². The Morgan fingerprint density at radius 2 is 1.91 bits per heavy atom. The van der Waals surface area contributed by atoms with Crippen molar-refractivity contribution in [2.45, 2.75) is 97.0 Å². The lowest BCUT2D eigenvalue weighted by Crippen LogP contribution is -2.16. The average molecular weight is 322 g/mol. The summed E-state index contributed by atoms with van der Waals surface area (Å²) in [5, 5.41) is 0. The molecule has 2 atom stereocenters. The number of allylic oxidation sites excluding steroid dienone is 1. The molecule has 0 heterocycles. The quantitative estimate of drug-likeness (QED) is 0.275. The van der Waals surface area contributed by atoms with Crippen LogP contribution in [0.1, 0.15) is 90.9 Å². The fraction of sp³-hybridized carbons (Fsp3) is 0.800. The Bertz CT molecular complexity index is 373. The number of rotatable bonds is 12. The highest BCUT2D eigenvalue weighted by Crippen LogP contribution is 2.24. The lowest BCUT2D eigenvalue weighted by Gasteiger charge is -2.15. The molecule has 0 N–H and O–H groups in total. The van der Waals surface area contributed by atoms with E-state index >= 15 is 0 Å². The van der Waals surface area contributed by atoms with E-state index < -0.39 is 0 Å². The molecule has 0 aliphatic heterocycles. The Morgan fingerprint density at radius 1 is 1.17 bits per heavy atom. The number of unbranched alkanes of at least 4 members (excludes halogenated alkanes) is 5. The Labute approximate surface area is 141 Å². The first kappa shape index (κ1) is 19.9. The standard InChI is InChI=1S/C20H34O3/c1-3-5-7-9-11-20(22)23-19(10-8-6-4-2)15-13-17-12-14-18(21)16-17/h13,15,17,19H,3-12,14,16H2,1-2H3. The molecule has 3 nitrogen and oxygen atoms in total. The Hall–Kier alpha value is -1.12. The van der Waals surface area contributed by atoms with E-state index in [0.29, 0.717) is 31.0 Å². The maximum absolute atomic E-state index is 12.0. The second kappa shape index (κ2) is 12.3. The topological polar surface area (TPSA) is 43.4 Å². The van der Waals surface area contributed by atoms with E-state index in [1.54, 1.807) is 0 Å². The van der Waals surface area contributed by atoms with Crippen LogP contribution in [0.3, 0.4) is 0 Å². The lowest BCUT2D eigenvalue weighted by atomic mass is 10.0. The smallest absolute Gasteiger partial charge is 0.306 e. The molecule has 0 amide bonds. The van der Waals surface area contributed by atoms with Gasteiger partial charge in [-0.25, -0.2) is 0 Å². The first-order chi connectivity index (χ1) is 11.2. The van der Waals surface area contributed by atoms with Crippen LogP contribution in [0.2, 0.25) is 0 Å². The molecule has 1 aliphatic carbocycles. The summed E-state index contributed by atoms with van der Waals surface area (Å²) in [5.74, 6) is 0.629. The molecule has 0 saturated heterocycles. The highest BCUT2D eigenvalue weighted by Gasteiger charge is 2.20. The highest BCUT2D eigenvalue weighted by molar-refractivity contribution is 5.80. The number of ether oxygens (including phenoxy) is 1. The van der Waals surface area contributed by atoms with Gasteiger partial charge in [0.2, 0.25) is 0 Å². The van der Waals surface area contributed by atoms with Gasteiger partial charge in [-0.05, 0) is 37.7 Å². The number of esters is 1. The number of carbonyl (C=O) groups is 2. The van der Waals surface area contributed by atoms with E-state index in [1.165, 1.54) is 25.7 Å². The third-order valence-electron chi connectivity index (χ3n) is 4.49. The molecule has 2 unspecified atom stereocenters. The predicted octanol–water partition coefficient (Wildman–Crippen LogP) is 5.37. The van der Waals surface area contributed by atoms with Crippen LogP contribution < -0.4 is 0 Å². The van der Waals surface area contributed by atoms with Crippen LogP contribution in [0.25, 0.3) is 0 Å². The van der Waals surface area contributed by atoms with Crippen molar-refractivity contribution in [3.63, 3.8) is 0 Å². The van der Waals surface area contributed by atoms with Gasteiger partial charge in [0.1, 0.15) is 11.9 Å². The number of hydrogen-bond donors (Lipinski definition) is 0. The zero-order valence-corrected chi connectivity index (χ0v) is 15.0. The number of Topliss-reactive ketones (excluding diaryl/α,β-unsaturated/α-hetero) is 1. The first-order valence-electron chi connectivity index (χ1n) is 9.55. The van der Waals surface area contributed by atoms with Gasteiger partial charge in [0.25, 0.3) is 0 Å². The summed E-state index contributed by atoms with van der Waals surface area (Å²) in [4.78, 5) is 23.3. The molecule has 0 spiro atoms. The summed E-state index contributed by atoms with van der Waals surface area (Å²) < 4.78 is 5.65. The molecule has 0 aromatic rings. The van der Waals surface area contributed by atoms with Crippen molar-refractivity contribution in [2.24, 2.45) is 5.92 Å². The molecule has 0 bridgehead atoms. The van der Waals surface area contributed by atoms with Gasteiger partial charge < -0.3 is 4.74 Å². The fourth-order valence-corrected chi connectivity index (χ4v) is 3.00. The van der Waals surface area contributed by atoms with Crippen molar-refractivity contribution in [3.05, 3.63) is 12.2 Å². The van der Waals surface area contributed by atoms with Crippen molar-refractivity contribution in [3.8, 4) is 0 Å². The summed E-state index contributed by atoms with van der Waals surface area (Å²) >= 11 is 0. The van der Waals surface area contributed by atoms with Crippen molar-refractivity contribution < 1.29 is 14.3 Å². The number of carbonyl (C=O) groups excluding carboxylic acids is 2. The molecular weight excluding hydrogens is 288 g/mol. The molecule has 1 rings (SSSR count). The van der Waals surface area contributed by atoms with E-state index in [-0.39, 0.29) is 12.1 Å². The Morgan fingerprint density at radius 3 is 2.57 bits per heavy atom. The van der Waals surface area contributed by atoms with Gasteiger partial charge in [-0.15, -0.1) is 0 Å². The third kappa shape index (κ3) is 9.58. The van der Waals surface area contributed by atoms with Crippen LogP contribution in [0, 0.1) is 5.92 Å². The SMILES string of the molecule is CCCCCCC(=O)OC(C=CC1CCC(=O)C1)CCCCC. The van der Waals surface area contributed by atoms with Crippen molar-refractivity contribution in [2.75, 3.05) is 0 Å². The number of ketones is 1. The zero-order valence-electron chi connectivity index (χ0n) is 15.0. The largest absolute Gasteiger partial charge is 0.458 e. The maximum atomic E-state index is 12.0. The van der Waals surface area contributed by atoms with Gasteiger partial charge in [0, 0.05) is 19.3 Å². The zero-order chi connectivity index (χ0) is 16.9. The maximum Gasteiger partial charge on any atom is 0.306 e. The predicted molar refractivity (Wildman–Crippen MR) is 94.3 cm³/mol. The molecule has 23 heavy (non-hydrogen) atoms. The van der Waals surface area contributed by atoms with Crippen LogP contribution >= 0.6 is 0 Å². The second-order valence-electron chi connectivity index (χ2n) is 6.76. The molecule has 0 aromatic carbocycles. The molecule has 132 valence electrons. The molecule has 0 aromatic heterocycles. The molecule has 1 fully saturated rings. The van der Waals surface area contributed by atoms with Crippen molar-refractivity contribution in [1.82, 2.24) is 0 Å². The fourth-order valence-electron chi connectivity index (χ4n) is 3.00. The number of hydrogen-bond acceptors (Lipinski definition) is 3. The van der Waals surface area contributed by atoms with E-state index in [4.69, 9.17) is 4.74 Å². The summed E-state index contributed by atoms with van der Waals surface area (Å²) in [6, 6.07) is 0. The molecule has 3 heteroatoms. The van der Waals surface area contributed by atoms with Crippen LogP contribution in [0.15, 0.2) is 12.2 Å². The summed E-state index contributed by atoms with van der Waals surface area (Å²) in [5.41, 5.74) is 0. The molecular formula is C20H34O3. The summed E-state index contributed by atoms with van der Waals surface area (Å²) in [6.45, 7) is 4.34. The highest BCUT2D eigenvalue weighted by atomic mass is 16.5. The van der Waals surface area contributed by atoms with Gasteiger partial charge in [-0.2, -0.15) is 0 Å². The monoisotopic (exact) mass is 322 g/mol. The van der Waals surface area contributed by atoms with E-state index in [9.17, 15) is 9.59 Å². The van der Waals surface area contributed by atoms with Crippen LogP contribution in [-0.2, 0) is 14.3 Å². The van der Waals surface area contributed by atoms with Gasteiger partial charge in [-0.3, -0.25) is 9.59 Å². The van der Waals surface area contributed by atoms with Crippen LogP contribution in [0.4, 0.5) is 0 Å². The summed E-state index contributed by atoms with van der Waals surface area (Å²) in [7, 11) is 0. The third-order valence-corrected chi connectivity index (χ3v) is 4.49. The van der Waals surface area contributed by atoms with Crippen molar-refractivity contribution >= 4 is 11.8 Å². The first-order valence-corrected chi connectivity index (χ1v) is 9.55. The molecule has 1 saturated carbocycles. The van der Waals surface area contributed by atoms with Gasteiger partial charge in [-0.1, -0.05) is 52.0 Å². The lowest BCUT2D eigenvalue weighted by molar-refractivity contribution is -0.147. The Balaban J connectivity index is 2.39. The van der Waals surface area contributed by atoms with E-state index in [1.807, 2.05) is 6.08 Å². The van der Waals surface area contributed by atoms with Gasteiger partial charge in [0.15, 0.2) is 0 Å². The van der Waals surface area contributed by atoms with E-state index in [2.05, 4.69) is 19.9 Å². The normalized spacial score (nSPS) is 19.4. The van der Waals surface area contributed by atoms with Crippen LogP contribution in [0.5, 0.6) is 0 Å². The summed E-state index contributed by atoms with van der Waals surface area (Å²) in [6.07, 6.45) is 15.5. The second-order valence-corrected chi connectivity index (χ2v) is 6.76. The minimum Gasteiger partial charge on any atom is -0.458 e. The van der Waals surface area contributed by atoms with E-state index in [0.717, 1.165) is 32.1 Å². The molecule has 0 radical (unpaired) electrons.